The number of aryl methyl sites for hydroxylation is 2. The summed E-state index contributed by atoms with van der Waals surface area (Å²) < 4.78 is 16.6. The van der Waals surface area contributed by atoms with Gasteiger partial charge >= 0.3 is 5.97 Å². The quantitative estimate of drug-likeness (QED) is 0.316. The fourth-order valence-corrected chi connectivity index (χ4v) is 3.53. The average molecular weight is 502 g/mol. The molecule has 0 amide bonds. The number of esters is 1. The number of carbonyl (C=O) groups is 1. The number of rotatable bonds is 11. The second-order valence-electron chi connectivity index (χ2n) is 9.62. The molecule has 1 unspecified atom stereocenters. The Hall–Kier alpha value is -2.84. The van der Waals surface area contributed by atoms with Crippen LogP contribution in [0.3, 0.4) is 0 Å². The van der Waals surface area contributed by atoms with Gasteiger partial charge in [0.1, 0.15) is 13.2 Å². The molecule has 0 saturated heterocycles. The number of hydrogen-bond acceptors (Lipinski definition) is 6. The molecule has 2 aromatic rings. The van der Waals surface area contributed by atoms with Crippen molar-refractivity contribution in [2.45, 2.75) is 53.6 Å². The van der Waals surface area contributed by atoms with E-state index in [-0.39, 0.29) is 18.6 Å². The molecule has 7 nitrogen and oxygen atoms in total. The van der Waals surface area contributed by atoms with E-state index in [0.29, 0.717) is 42.7 Å². The zero-order valence-corrected chi connectivity index (χ0v) is 22.5. The number of benzene rings is 2. The predicted octanol–water partition coefficient (Wildman–Crippen LogP) is 3.81. The molecule has 1 atom stereocenters. The summed E-state index contributed by atoms with van der Waals surface area (Å²) in [6.45, 7) is 11.3. The van der Waals surface area contributed by atoms with Crippen LogP contribution in [0.1, 0.15) is 43.0 Å². The van der Waals surface area contributed by atoms with E-state index in [1.54, 1.807) is 7.11 Å². The molecular weight excluding hydrogens is 462 g/mol. The average Bonchev–Trinajstić information content (AvgIpc) is 2.81. The van der Waals surface area contributed by atoms with Gasteiger partial charge in [0, 0.05) is 13.1 Å². The van der Waals surface area contributed by atoms with Crippen LogP contribution in [-0.4, -0.2) is 44.0 Å². The summed E-state index contributed by atoms with van der Waals surface area (Å²) in [6, 6.07) is 11.9. The lowest BCUT2D eigenvalue weighted by molar-refractivity contribution is -0.153. The monoisotopic (exact) mass is 501 g/mol. The lowest BCUT2D eigenvalue weighted by atomic mass is 9.97. The highest BCUT2D eigenvalue weighted by Gasteiger charge is 2.24. The minimum absolute atomic E-state index is 0.176. The number of carbonyl (C=O) groups excluding carboxylic acids is 1. The molecule has 192 valence electrons. The third-order valence-electron chi connectivity index (χ3n) is 5.47. The molecule has 0 fully saturated rings. The van der Waals surface area contributed by atoms with Gasteiger partial charge in [-0.3, -0.25) is 4.79 Å². The van der Waals surface area contributed by atoms with E-state index < -0.39 is 5.41 Å². The zero-order valence-electron chi connectivity index (χ0n) is 21.7. The van der Waals surface area contributed by atoms with Gasteiger partial charge in [-0.15, -0.1) is 0 Å². The number of ether oxygens (including phenoxy) is 3. The third kappa shape index (κ3) is 9.38. The minimum atomic E-state index is -0.567. The Morgan fingerprint density at radius 1 is 1.06 bits per heavy atom. The maximum atomic E-state index is 12.3. The van der Waals surface area contributed by atoms with E-state index in [1.165, 1.54) is 11.1 Å². The summed E-state index contributed by atoms with van der Waals surface area (Å²) >= 11 is 5.56. The van der Waals surface area contributed by atoms with Crippen LogP contribution in [-0.2, 0) is 22.5 Å². The third-order valence-corrected chi connectivity index (χ3v) is 5.74. The van der Waals surface area contributed by atoms with Gasteiger partial charge in [-0.2, -0.15) is 0 Å². The number of thiocarbonyl (C=S) groups is 1. The standard InChI is InChI=1S/C27H39N3O4S/c1-18-7-8-20(13-19(18)2)14-22(17-34-25(31)27(3,4)5)30-26(35)29-16-21-9-10-23(33-12-11-28)24(15-21)32-6/h7-10,13,15,22H,11-12,14,16-17,28H2,1-6H3,(H2,29,30,35). The maximum absolute atomic E-state index is 12.3. The molecule has 0 bridgehead atoms. The minimum Gasteiger partial charge on any atom is -0.493 e. The molecule has 8 heteroatoms. The van der Waals surface area contributed by atoms with E-state index in [0.717, 1.165) is 11.1 Å². The first-order valence-electron chi connectivity index (χ1n) is 11.8. The first kappa shape index (κ1) is 28.4. The van der Waals surface area contributed by atoms with E-state index in [9.17, 15) is 4.79 Å². The molecular formula is C27H39N3O4S. The van der Waals surface area contributed by atoms with Crippen LogP contribution in [0.4, 0.5) is 0 Å². The summed E-state index contributed by atoms with van der Waals surface area (Å²) in [4.78, 5) is 12.3. The van der Waals surface area contributed by atoms with Gasteiger partial charge in [0.15, 0.2) is 16.6 Å². The van der Waals surface area contributed by atoms with E-state index >= 15 is 0 Å². The van der Waals surface area contributed by atoms with Crippen LogP contribution in [0.5, 0.6) is 11.5 Å². The first-order chi connectivity index (χ1) is 16.5. The number of nitrogens with one attached hydrogen (secondary N) is 2. The summed E-state index contributed by atoms with van der Waals surface area (Å²) in [5, 5.41) is 7.03. The molecule has 0 aromatic heterocycles. The second-order valence-corrected chi connectivity index (χ2v) is 10.0. The summed E-state index contributed by atoms with van der Waals surface area (Å²) in [5.74, 6) is 1.04. The van der Waals surface area contributed by atoms with Crippen LogP contribution in [0.15, 0.2) is 36.4 Å². The first-order valence-corrected chi connectivity index (χ1v) is 12.2. The van der Waals surface area contributed by atoms with Crippen molar-refractivity contribution in [1.82, 2.24) is 10.6 Å². The Bertz CT molecular complexity index is 1000. The van der Waals surface area contributed by atoms with Crippen LogP contribution in [0.25, 0.3) is 0 Å². The van der Waals surface area contributed by atoms with Crippen molar-refractivity contribution < 1.29 is 19.0 Å². The topological polar surface area (TPSA) is 94.8 Å². The lowest BCUT2D eigenvalue weighted by Crippen LogP contribution is -2.45. The van der Waals surface area contributed by atoms with Crippen LogP contribution in [0, 0.1) is 19.3 Å². The van der Waals surface area contributed by atoms with Crippen LogP contribution in [0.2, 0.25) is 0 Å². The molecule has 0 aliphatic rings. The molecule has 0 spiro atoms. The normalized spacial score (nSPS) is 12.0. The van der Waals surface area contributed by atoms with Gasteiger partial charge in [-0.25, -0.2) is 0 Å². The van der Waals surface area contributed by atoms with Crippen molar-refractivity contribution in [3.8, 4) is 11.5 Å². The van der Waals surface area contributed by atoms with Gasteiger partial charge < -0.3 is 30.6 Å². The number of nitrogens with two attached hydrogens (primary N) is 1. The lowest BCUT2D eigenvalue weighted by Gasteiger charge is -2.24. The largest absolute Gasteiger partial charge is 0.493 e. The highest BCUT2D eigenvalue weighted by Crippen LogP contribution is 2.28. The van der Waals surface area contributed by atoms with Gasteiger partial charge in [-0.1, -0.05) is 24.3 Å². The zero-order chi connectivity index (χ0) is 26.0. The Morgan fingerprint density at radius 2 is 1.77 bits per heavy atom. The van der Waals surface area contributed by atoms with Crippen molar-refractivity contribution in [2.75, 3.05) is 26.9 Å². The van der Waals surface area contributed by atoms with E-state index in [4.69, 9.17) is 32.2 Å². The Balaban J connectivity index is 2.03. The predicted molar refractivity (Wildman–Crippen MR) is 144 cm³/mol. The molecule has 0 aliphatic heterocycles. The van der Waals surface area contributed by atoms with Crippen molar-refractivity contribution in [2.24, 2.45) is 11.1 Å². The number of hydrogen-bond donors (Lipinski definition) is 3. The molecule has 0 saturated carbocycles. The molecule has 0 aliphatic carbocycles. The number of methoxy groups -OCH3 is 1. The van der Waals surface area contributed by atoms with Gasteiger partial charge in [0.25, 0.3) is 0 Å². The van der Waals surface area contributed by atoms with Crippen molar-refractivity contribution in [3.63, 3.8) is 0 Å². The van der Waals surface area contributed by atoms with Crippen LogP contribution >= 0.6 is 12.2 Å². The smallest absolute Gasteiger partial charge is 0.311 e. The molecule has 0 heterocycles. The maximum Gasteiger partial charge on any atom is 0.311 e. The SMILES string of the molecule is COc1cc(CNC(=S)NC(COC(=O)C(C)(C)C)Cc2ccc(C)c(C)c2)ccc1OCCN. The fourth-order valence-electron chi connectivity index (χ4n) is 3.29. The molecule has 0 radical (unpaired) electrons. The van der Waals surface area contributed by atoms with Gasteiger partial charge in [0.2, 0.25) is 0 Å². The Kier molecular flexibility index (Phi) is 10.8. The van der Waals surface area contributed by atoms with Gasteiger partial charge in [0.05, 0.1) is 18.6 Å². The van der Waals surface area contributed by atoms with Gasteiger partial charge in [-0.05, 0) is 87.6 Å². The molecule has 35 heavy (non-hydrogen) atoms. The van der Waals surface area contributed by atoms with Crippen molar-refractivity contribution in [3.05, 3.63) is 58.7 Å². The van der Waals surface area contributed by atoms with Crippen molar-refractivity contribution in [1.29, 1.82) is 0 Å². The summed E-state index contributed by atoms with van der Waals surface area (Å²) in [5.41, 5.74) is 9.55. The summed E-state index contributed by atoms with van der Waals surface area (Å²) in [7, 11) is 1.60. The fraction of sp³-hybridized carbons (Fsp3) is 0.481. The molecule has 4 N–H and O–H groups in total. The summed E-state index contributed by atoms with van der Waals surface area (Å²) in [6.07, 6.45) is 0.668. The van der Waals surface area contributed by atoms with E-state index in [2.05, 4.69) is 42.7 Å². The second kappa shape index (κ2) is 13.3. The highest BCUT2D eigenvalue weighted by atomic mass is 32.1. The molecule has 2 aromatic carbocycles. The Labute approximate surface area is 214 Å². The highest BCUT2D eigenvalue weighted by molar-refractivity contribution is 7.80. The van der Waals surface area contributed by atoms with Crippen LogP contribution < -0.4 is 25.8 Å². The van der Waals surface area contributed by atoms with E-state index in [1.807, 2.05) is 39.0 Å². The Morgan fingerprint density at radius 3 is 2.40 bits per heavy atom. The molecule has 2 rings (SSSR count). The van der Waals surface area contributed by atoms with Crippen molar-refractivity contribution >= 4 is 23.3 Å².